The molecule has 4 heteroatoms. The lowest BCUT2D eigenvalue weighted by Gasteiger charge is -2.37. The van der Waals surface area contributed by atoms with Crippen molar-refractivity contribution in [2.45, 2.75) is 50.9 Å². The minimum atomic E-state index is -0.969. The summed E-state index contributed by atoms with van der Waals surface area (Å²) in [6.07, 6.45) is 4.40. The second-order valence-electron chi connectivity index (χ2n) is 9.28. The number of fused-ring (bicyclic) bond motifs is 7. The van der Waals surface area contributed by atoms with Gasteiger partial charge in [0.25, 0.3) is 0 Å². The van der Waals surface area contributed by atoms with Gasteiger partial charge >= 0.3 is 7.48 Å². The molecular formula is C26H26BO3. The summed E-state index contributed by atoms with van der Waals surface area (Å²) < 4.78 is 12.6. The van der Waals surface area contributed by atoms with Gasteiger partial charge in [-0.05, 0) is 55.6 Å². The van der Waals surface area contributed by atoms with E-state index in [-0.39, 0.29) is 12.0 Å². The highest BCUT2D eigenvalue weighted by Crippen LogP contribution is 2.51. The topological polar surface area (TPSA) is 38.7 Å². The SMILES string of the molecule is CC(C)(O)C(C)(C)O[B]c1cccc2c1C1C=Cc3ccc4ccccc4c3C1O2. The van der Waals surface area contributed by atoms with Gasteiger partial charge in [0, 0.05) is 17.0 Å². The second kappa shape index (κ2) is 6.73. The largest absolute Gasteiger partial charge is 0.484 e. The smallest absolute Gasteiger partial charge is 0.331 e. The van der Waals surface area contributed by atoms with Crippen molar-refractivity contribution < 1.29 is 14.5 Å². The van der Waals surface area contributed by atoms with E-state index in [1.54, 1.807) is 21.3 Å². The van der Waals surface area contributed by atoms with Crippen LogP contribution in [0.3, 0.4) is 0 Å². The fraction of sp³-hybridized carbons (Fsp3) is 0.308. The van der Waals surface area contributed by atoms with Crippen molar-refractivity contribution in [1.29, 1.82) is 0 Å². The fourth-order valence-electron chi connectivity index (χ4n) is 4.26. The summed E-state index contributed by atoms with van der Waals surface area (Å²) in [6, 6.07) is 18.9. The standard InChI is InChI=1S/C26H26BO3/c1-25(2,28)26(3,4)30-27-20-10-7-11-21-23(20)19-15-14-17-13-12-16-8-5-6-9-18(16)22(17)24(19)29-21/h5-15,19,24,28H,1-4H3. The van der Waals surface area contributed by atoms with Gasteiger partial charge in [-0.1, -0.05) is 60.7 Å². The molecule has 30 heavy (non-hydrogen) atoms. The number of hydrogen-bond donors (Lipinski definition) is 1. The van der Waals surface area contributed by atoms with E-state index < -0.39 is 11.2 Å². The zero-order chi connectivity index (χ0) is 21.1. The quantitative estimate of drug-likeness (QED) is 0.637. The zero-order valence-corrected chi connectivity index (χ0v) is 17.8. The van der Waals surface area contributed by atoms with Gasteiger partial charge in [-0.3, -0.25) is 0 Å². The molecule has 5 rings (SSSR count). The van der Waals surface area contributed by atoms with Crippen LogP contribution in [0.15, 0.2) is 60.7 Å². The Hall–Kier alpha value is -2.56. The van der Waals surface area contributed by atoms with Crippen molar-refractivity contribution in [2.24, 2.45) is 0 Å². The van der Waals surface area contributed by atoms with E-state index in [2.05, 4.69) is 54.6 Å². The first-order chi connectivity index (χ1) is 14.3. The van der Waals surface area contributed by atoms with Crippen LogP contribution in [0, 0.1) is 0 Å². The molecule has 0 aromatic heterocycles. The first-order valence-electron chi connectivity index (χ1n) is 10.5. The molecule has 2 atom stereocenters. The van der Waals surface area contributed by atoms with Gasteiger partial charge in [0.1, 0.15) is 11.9 Å². The molecule has 3 nitrogen and oxygen atoms in total. The van der Waals surface area contributed by atoms with E-state index in [9.17, 15) is 5.11 Å². The van der Waals surface area contributed by atoms with Crippen molar-refractivity contribution in [1.82, 2.24) is 0 Å². The van der Waals surface area contributed by atoms with Gasteiger partial charge in [0.05, 0.1) is 11.2 Å². The monoisotopic (exact) mass is 397 g/mol. The first-order valence-corrected chi connectivity index (χ1v) is 10.5. The Kier molecular flexibility index (Phi) is 4.35. The van der Waals surface area contributed by atoms with E-state index in [1.165, 1.54) is 21.9 Å². The van der Waals surface area contributed by atoms with E-state index in [0.717, 1.165) is 16.8 Å². The molecule has 2 unspecified atom stereocenters. The van der Waals surface area contributed by atoms with Crippen LogP contribution >= 0.6 is 0 Å². The molecule has 151 valence electrons. The first kappa shape index (κ1) is 19.4. The van der Waals surface area contributed by atoms with Crippen LogP contribution in [0.1, 0.15) is 56.4 Å². The predicted octanol–water partition coefficient (Wildman–Crippen LogP) is 4.89. The molecule has 0 saturated carbocycles. The number of hydrogen-bond acceptors (Lipinski definition) is 3. The fourth-order valence-corrected chi connectivity index (χ4v) is 4.26. The minimum Gasteiger partial charge on any atom is -0.484 e. The Morgan fingerprint density at radius 1 is 0.933 bits per heavy atom. The number of rotatable bonds is 4. The van der Waals surface area contributed by atoms with Crippen LogP contribution in [0.25, 0.3) is 16.8 Å². The van der Waals surface area contributed by atoms with Crippen LogP contribution in [0.5, 0.6) is 5.75 Å². The molecule has 0 amide bonds. The Balaban J connectivity index is 1.54. The van der Waals surface area contributed by atoms with Crippen molar-refractivity contribution in [3.05, 3.63) is 77.4 Å². The number of benzene rings is 3. The lowest BCUT2D eigenvalue weighted by Crippen LogP contribution is -2.49. The maximum Gasteiger partial charge on any atom is 0.331 e. The Labute approximate surface area is 178 Å². The van der Waals surface area contributed by atoms with E-state index >= 15 is 0 Å². The van der Waals surface area contributed by atoms with Gasteiger partial charge < -0.3 is 14.5 Å². The van der Waals surface area contributed by atoms with E-state index in [4.69, 9.17) is 9.39 Å². The summed E-state index contributed by atoms with van der Waals surface area (Å²) in [5.41, 5.74) is 2.91. The van der Waals surface area contributed by atoms with Crippen molar-refractivity contribution in [2.75, 3.05) is 0 Å². The van der Waals surface area contributed by atoms with Crippen LogP contribution < -0.4 is 10.2 Å². The summed E-state index contributed by atoms with van der Waals surface area (Å²) in [4.78, 5) is 0. The van der Waals surface area contributed by atoms with Crippen molar-refractivity contribution >= 4 is 29.8 Å². The van der Waals surface area contributed by atoms with Crippen molar-refractivity contribution in [3.8, 4) is 5.75 Å². The Morgan fingerprint density at radius 3 is 2.53 bits per heavy atom. The highest BCUT2D eigenvalue weighted by molar-refractivity contribution is 6.48. The molecule has 1 heterocycles. The highest BCUT2D eigenvalue weighted by Gasteiger charge is 2.41. The molecular weight excluding hydrogens is 371 g/mol. The molecule has 0 saturated heterocycles. The lowest BCUT2D eigenvalue weighted by molar-refractivity contribution is -0.0893. The lowest BCUT2D eigenvalue weighted by atomic mass is 9.74. The van der Waals surface area contributed by atoms with Gasteiger partial charge in [-0.15, -0.1) is 0 Å². The molecule has 1 radical (unpaired) electrons. The third kappa shape index (κ3) is 2.98. The summed E-state index contributed by atoms with van der Waals surface area (Å²) in [7, 11) is 1.77. The molecule has 1 N–H and O–H groups in total. The normalized spacial score (nSPS) is 19.8. The van der Waals surface area contributed by atoms with E-state index in [0.29, 0.717) is 0 Å². The van der Waals surface area contributed by atoms with Crippen molar-refractivity contribution in [3.63, 3.8) is 0 Å². The molecule has 3 aromatic carbocycles. The maximum absolute atomic E-state index is 10.4. The summed E-state index contributed by atoms with van der Waals surface area (Å²) in [6.45, 7) is 7.33. The average molecular weight is 397 g/mol. The predicted molar refractivity (Wildman–Crippen MR) is 122 cm³/mol. The van der Waals surface area contributed by atoms with Crippen LogP contribution in [-0.4, -0.2) is 23.8 Å². The Bertz CT molecular complexity index is 1160. The maximum atomic E-state index is 10.4. The van der Waals surface area contributed by atoms with E-state index in [1.807, 2.05) is 26.0 Å². The Morgan fingerprint density at radius 2 is 1.73 bits per heavy atom. The molecule has 2 aliphatic rings. The van der Waals surface area contributed by atoms with Gasteiger partial charge in [0.2, 0.25) is 0 Å². The van der Waals surface area contributed by atoms with Gasteiger partial charge in [-0.2, -0.15) is 0 Å². The summed E-state index contributed by atoms with van der Waals surface area (Å²) in [5, 5.41) is 12.9. The third-order valence-corrected chi connectivity index (χ3v) is 6.74. The van der Waals surface area contributed by atoms with Crippen LogP contribution in [0.2, 0.25) is 0 Å². The number of aliphatic hydroxyl groups is 1. The van der Waals surface area contributed by atoms with Crippen LogP contribution in [0.4, 0.5) is 0 Å². The molecule has 0 spiro atoms. The zero-order valence-electron chi connectivity index (χ0n) is 17.8. The summed E-state index contributed by atoms with van der Waals surface area (Å²) >= 11 is 0. The molecule has 3 aromatic rings. The molecule has 1 aliphatic carbocycles. The molecule has 1 aliphatic heterocycles. The molecule has 0 bridgehead atoms. The molecule has 0 fully saturated rings. The van der Waals surface area contributed by atoms with Crippen LogP contribution in [-0.2, 0) is 4.65 Å². The second-order valence-corrected chi connectivity index (χ2v) is 9.28. The minimum absolute atomic E-state index is 0.0528. The van der Waals surface area contributed by atoms with Gasteiger partial charge in [0.15, 0.2) is 0 Å². The summed E-state index contributed by atoms with van der Waals surface area (Å²) in [5.74, 6) is 1.02. The number of ether oxygens (including phenoxy) is 1. The average Bonchev–Trinajstić information content (AvgIpc) is 3.10. The highest BCUT2D eigenvalue weighted by atomic mass is 16.5. The third-order valence-electron chi connectivity index (χ3n) is 6.74. The van der Waals surface area contributed by atoms with Gasteiger partial charge in [-0.25, -0.2) is 0 Å².